The number of esters is 1. The van der Waals surface area contributed by atoms with Crippen molar-refractivity contribution in [2.45, 2.75) is 6.92 Å². The molecule has 0 fully saturated rings. The van der Waals surface area contributed by atoms with Crippen LogP contribution in [0.5, 0.6) is 0 Å². The van der Waals surface area contributed by atoms with Crippen molar-refractivity contribution in [3.8, 4) is 11.3 Å². The van der Waals surface area contributed by atoms with Crippen LogP contribution in [0.2, 0.25) is 0 Å². The van der Waals surface area contributed by atoms with Crippen LogP contribution in [0.25, 0.3) is 11.3 Å². The second kappa shape index (κ2) is 4.05. The molecule has 0 aliphatic rings. The maximum absolute atomic E-state index is 11.4. The van der Waals surface area contributed by atoms with Gasteiger partial charge in [0.1, 0.15) is 5.69 Å². The molecule has 0 spiro atoms. The second-order valence-corrected chi connectivity index (χ2v) is 3.10. The molecular weight excluding hydrogens is 210 g/mol. The molecule has 7 heteroatoms. The number of nitrogens with zero attached hydrogens (tertiary/aromatic N) is 4. The Morgan fingerprint density at radius 1 is 1.44 bits per heavy atom. The zero-order valence-corrected chi connectivity index (χ0v) is 8.76. The Balaban J connectivity index is 2.48. The first-order chi connectivity index (χ1) is 7.72. The third-order valence-corrected chi connectivity index (χ3v) is 1.98. The summed E-state index contributed by atoms with van der Waals surface area (Å²) < 4.78 is 4.59. The Morgan fingerprint density at radius 3 is 2.94 bits per heavy atom. The van der Waals surface area contributed by atoms with Gasteiger partial charge in [0.25, 0.3) is 0 Å². The number of methoxy groups -OCH3 is 1. The van der Waals surface area contributed by atoms with Crippen LogP contribution in [0.1, 0.15) is 16.2 Å². The molecule has 0 saturated carbocycles. The molecule has 0 aliphatic heterocycles. The maximum Gasteiger partial charge on any atom is 0.360 e. The van der Waals surface area contributed by atoms with Crippen LogP contribution in [-0.4, -0.2) is 38.7 Å². The second-order valence-electron chi connectivity index (χ2n) is 3.10. The molecule has 2 rings (SSSR count). The van der Waals surface area contributed by atoms with Crippen molar-refractivity contribution < 1.29 is 9.53 Å². The first kappa shape index (κ1) is 10.2. The molecule has 0 aromatic carbocycles. The predicted molar refractivity (Wildman–Crippen MR) is 53.5 cm³/mol. The summed E-state index contributed by atoms with van der Waals surface area (Å²) in [6.45, 7) is 1.80. The van der Waals surface area contributed by atoms with E-state index in [1.165, 1.54) is 13.3 Å². The van der Waals surface area contributed by atoms with E-state index in [0.717, 1.165) is 5.69 Å². The van der Waals surface area contributed by atoms with Gasteiger partial charge < -0.3 is 4.74 Å². The number of hydrogen-bond donors (Lipinski definition) is 1. The summed E-state index contributed by atoms with van der Waals surface area (Å²) in [6, 6.07) is 1.76. The lowest BCUT2D eigenvalue weighted by Gasteiger charge is -1.99. The van der Waals surface area contributed by atoms with Crippen LogP contribution < -0.4 is 0 Å². The number of carbonyl (C=O) groups excluding carboxylic acids is 1. The number of carbonyl (C=O) groups is 1. The summed E-state index contributed by atoms with van der Waals surface area (Å²) in [5.74, 6) is -0.543. The highest BCUT2D eigenvalue weighted by Crippen LogP contribution is 2.19. The molecule has 2 heterocycles. The predicted octanol–water partition coefficient (Wildman–Crippen LogP) is 0.357. The molecule has 0 radical (unpaired) electrons. The lowest BCUT2D eigenvalue weighted by atomic mass is 10.1. The topological polar surface area (TPSA) is 93.7 Å². The van der Waals surface area contributed by atoms with E-state index in [4.69, 9.17) is 0 Å². The number of rotatable bonds is 2. The van der Waals surface area contributed by atoms with Gasteiger partial charge in [-0.25, -0.2) is 4.79 Å². The van der Waals surface area contributed by atoms with Gasteiger partial charge in [-0.05, 0) is 13.0 Å². The molecule has 0 unspecified atom stereocenters. The fraction of sp³-hybridized carbons (Fsp3) is 0.222. The van der Waals surface area contributed by atoms with Gasteiger partial charge >= 0.3 is 5.97 Å². The molecule has 0 amide bonds. The average molecular weight is 219 g/mol. The number of hydrogen-bond acceptors (Lipinski definition) is 6. The summed E-state index contributed by atoms with van der Waals surface area (Å²) in [5.41, 5.74) is 1.94. The van der Waals surface area contributed by atoms with Gasteiger partial charge in [0.05, 0.1) is 19.0 Å². The van der Waals surface area contributed by atoms with Crippen molar-refractivity contribution in [3.63, 3.8) is 0 Å². The average Bonchev–Trinajstić information content (AvgIpc) is 2.77. The SMILES string of the molecule is COC(=O)c1n[nH]nc1-c1cnnc(C)c1. The lowest BCUT2D eigenvalue weighted by Crippen LogP contribution is -2.04. The summed E-state index contributed by atoms with van der Waals surface area (Å²) in [5, 5.41) is 17.6. The Bertz CT molecular complexity index is 522. The van der Waals surface area contributed by atoms with E-state index < -0.39 is 5.97 Å². The molecule has 82 valence electrons. The fourth-order valence-corrected chi connectivity index (χ4v) is 1.27. The summed E-state index contributed by atoms with van der Waals surface area (Å²) in [7, 11) is 1.29. The number of nitrogens with one attached hydrogen (secondary N) is 1. The van der Waals surface area contributed by atoms with Crippen molar-refractivity contribution >= 4 is 5.97 Å². The quantitative estimate of drug-likeness (QED) is 0.733. The van der Waals surface area contributed by atoms with Crippen molar-refractivity contribution in [3.05, 3.63) is 23.7 Å². The first-order valence-corrected chi connectivity index (χ1v) is 4.51. The minimum absolute atomic E-state index is 0.134. The number of H-pyrrole nitrogens is 1. The molecule has 0 aliphatic carbocycles. The van der Waals surface area contributed by atoms with Gasteiger partial charge in [-0.1, -0.05) is 0 Å². The molecule has 7 nitrogen and oxygen atoms in total. The molecule has 0 atom stereocenters. The monoisotopic (exact) mass is 219 g/mol. The summed E-state index contributed by atoms with van der Waals surface area (Å²) in [6.07, 6.45) is 1.51. The molecule has 0 saturated heterocycles. The van der Waals surface area contributed by atoms with Gasteiger partial charge in [0, 0.05) is 5.56 Å². The molecular formula is C9H9N5O2. The number of aromatic nitrogens is 5. The minimum Gasteiger partial charge on any atom is -0.464 e. The highest BCUT2D eigenvalue weighted by Gasteiger charge is 2.18. The molecule has 16 heavy (non-hydrogen) atoms. The Labute approximate surface area is 90.9 Å². The smallest absolute Gasteiger partial charge is 0.360 e. The fourth-order valence-electron chi connectivity index (χ4n) is 1.27. The van der Waals surface area contributed by atoms with Crippen molar-refractivity contribution in [1.82, 2.24) is 25.6 Å². The highest BCUT2D eigenvalue weighted by molar-refractivity contribution is 5.93. The normalized spacial score (nSPS) is 10.1. The summed E-state index contributed by atoms with van der Waals surface area (Å²) >= 11 is 0. The van der Waals surface area contributed by atoms with E-state index in [0.29, 0.717) is 11.3 Å². The third-order valence-electron chi connectivity index (χ3n) is 1.98. The minimum atomic E-state index is -0.543. The van der Waals surface area contributed by atoms with Gasteiger partial charge in [-0.15, -0.1) is 5.10 Å². The van der Waals surface area contributed by atoms with Crippen molar-refractivity contribution in [2.24, 2.45) is 0 Å². The first-order valence-electron chi connectivity index (χ1n) is 4.51. The Morgan fingerprint density at radius 2 is 2.25 bits per heavy atom. The standard InChI is InChI=1S/C9H9N5O2/c1-5-3-6(4-10-11-5)7-8(9(15)16-2)13-14-12-7/h3-4H,1-2H3,(H,12,13,14). The molecule has 1 N–H and O–H groups in total. The Hall–Kier alpha value is -2.31. The van der Waals surface area contributed by atoms with E-state index in [-0.39, 0.29) is 5.69 Å². The van der Waals surface area contributed by atoms with Crippen LogP contribution in [-0.2, 0) is 4.74 Å². The summed E-state index contributed by atoms with van der Waals surface area (Å²) in [4.78, 5) is 11.4. The highest BCUT2D eigenvalue weighted by atomic mass is 16.5. The van der Waals surface area contributed by atoms with Crippen LogP contribution in [0.3, 0.4) is 0 Å². The number of aryl methyl sites for hydroxylation is 1. The zero-order valence-electron chi connectivity index (χ0n) is 8.76. The van der Waals surface area contributed by atoms with Crippen LogP contribution in [0.15, 0.2) is 12.3 Å². The van der Waals surface area contributed by atoms with Crippen LogP contribution >= 0.6 is 0 Å². The third kappa shape index (κ3) is 1.74. The van der Waals surface area contributed by atoms with E-state index in [9.17, 15) is 4.79 Å². The Kier molecular flexibility index (Phi) is 2.59. The molecule has 2 aromatic rings. The van der Waals surface area contributed by atoms with Gasteiger partial charge in [-0.3, -0.25) is 0 Å². The lowest BCUT2D eigenvalue weighted by molar-refractivity contribution is 0.0595. The molecule has 2 aromatic heterocycles. The van der Waals surface area contributed by atoms with Gasteiger partial charge in [-0.2, -0.15) is 20.5 Å². The van der Waals surface area contributed by atoms with E-state index in [1.54, 1.807) is 13.0 Å². The number of ether oxygens (including phenoxy) is 1. The maximum atomic E-state index is 11.4. The van der Waals surface area contributed by atoms with Crippen LogP contribution in [0.4, 0.5) is 0 Å². The number of aromatic amines is 1. The van der Waals surface area contributed by atoms with E-state index in [1.807, 2.05) is 0 Å². The van der Waals surface area contributed by atoms with Gasteiger partial charge in [0.2, 0.25) is 0 Å². The van der Waals surface area contributed by atoms with Gasteiger partial charge in [0.15, 0.2) is 5.69 Å². The van der Waals surface area contributed by atoms with E-state index >= 15 is 0 Å². The zero-order chi connectivity index (χ0) is 11.5. The van der Waals surface area contributed by atoms with Crippen molar-refractivity contribution in [1.29, 1.82) is 0 Å². The van der Waals surface area contributed by atoms with Crippen LogP contribution in [0, 0.1) is 6.92 Å². The van der Waals surface area contributed by atoms with Crippen molar-refractivity contribution in [2.75, 3.05) is 7.11 Å². The molecule has 0 bridgehead atoms. The van der Waals surface area contributed by atoms with E-state index in [2.05, 4.69) is 30.3 Å². The largest absolute Gasteiger partial charge is 0.464 e.